The number of pyridine rings is 1. The highest BCUT2D eigenvalue weighted by atomic mass is 32.1. The molecule has 2 heterocycles. The molecule has 4 rings (SSSR count). The average molecular weight is 358 g/mol. The van der Waals surface area contributed by atoms with E-state index in [4.69, 9.17) is 4.98 Å². The Bertz CT molecular complexity index is 1130. The van der Waals surface area contributed by atoms with Crippen LogP contribution in [0.1, 0.15) is 37.5 Å². The van der Waals surface area contributed by atoms with Crippen molar-refractivity contribution in [3.05, 3.63) is 71.1 Å². The number of nitrogens with zero attached hydrogens (tertiary/aromatic N) is 1. The summed E-state index contributed by atoms with van der Waals surface area (Å²) in [4.78, 5) is 5.16. The molecule has 2 aromatic carbocycles. The lowest BCUT2D eigenvalue weighted by atomic mass is 9.93. The molecular weight excluding hydrogens is 334 g/mol. The van der Waals surface area contributed by atoms with E-state index in [0.717, 1.165) is 29.6 Å². The van der Waals surface area contributed by atoms with E-state index in [9.17, 15) is 0 Å². The van der Waals surface area contributed by atoms with Gasteiger partial charge in [0.15, 0.2) is 0 Å². The number of rotatable bonds is 4. The largest absolute Gasteiger partial charge is 0.247 e. The number of aromatic nitrogens is 1. The van der Waals surface area contributed by atoms with E-state index in [2.05, 4.69) is 75.2 Å². The molecular formula is C24H23NS. The van der Waals surface area contributed by atoms with Gasteiger partial charge >= 0.3 is 0 Å². The molecule has 0 amide bonds. The van der Waals surface area contributed by atoms with Crippen molar-refractivity contribution >= 4 is 37.9 Å². The van der Waals surface area contributed by atoms with E-state index < -0.39 is 0 Å². The maximum absolute atomic E-state index is 5.16. The Morgan fingerprint density at radius 3 is 2.50 bits per heavy atom. The summed E-state index contributed by atoms with van der Waals surface area (Å²) in [6.45, 7) is 10.8. The van der Waals surface area contributed by atoms with E-state index in [-0.39, 0.29) is 0 Å². The maximum atomic E-state index is 5.16. The van der Waals surface area contributed by atoms with E-state index >= 15 is 0 Å². The fourth-order valence-corrected chi connectivity index (χ4v) is 4.65. The molecule has 0 aliphatic carbocycles. The van der Waals surface area contributed by atoms with Crippen LogP contribution in [0.2, 0.25) is 0 Å². The molecule has 0 N–H and O–H groups in total. The zero-order valence-electron chi connectivity index (χ0n) is 15.6. The lowest BCUT2D eigenvalue weighted by Crippen LogP contribution is -1.98. The Kier molecular flexibility index (Phi) is 4.37. The fourth-order valence-electron chi connectivity index (χ4n) is 3.70. The first-order chi connectivity index (χ1) is 12.6. The monoisotopic (exact) mass is 357 g/mol. The van der Waals surface area contributed by atoms with Crippen molar-refractivity contribution < 1.29 is 0 Å². The lowest BCUT2D eigenvalue weighted by molar-refractivity contribution is 1.11. The van der Waals surface area contributed by atoms with Crippen molar-refractivity contribution in [1.29, 1.82) is 0 Å². The van der Waals surface area contributed by atoms with Gasteiger partial charge in [0.1, 0.15) is 0 Å². The second kappa shape index (κ2) is 6.69. The molecule has 0 bridgehead atoms. The van der Waals surface area contributed by atoms with Crippen molar-refractivity contribution in [2.45, 2.75) is 33.6 Å². The summed E-state index contributed by atoms with van der Waals surface area (Å²) in [6, 6.07) is 15.3. The van der Waals surface area contributed by atoms with Crippen LogP contribution in [0.15, 0.2) is 54.4 Å². The Labute approximate surface area is 159 Å². The van der Waals surface area contributed by atoms with Crippen molar-refractivity contribution in [3.8, 4) is 11.3 Å². The highest BCUT2D eigenvalue weighted by Crippen LogP contribution is 2.37. The lowest BCUT2D eigenvalue weighted by Gasteiger charge is -2.15. The fraction of sp³-hybridized carbons (Fsp3) is 0.208. The van der Waals surface area contributed by atoms with Gasteiger partial charge in [0, 0.05) is 26.4 Å². The molecule has 2 aromatic heterocycles. The number of allylic oxidation sites excluding steroid dienone is 1. The molecule has 2 heteroatoms. The number of thiophene rings is 1. The number of hydrogen-bond acceptors (Lipinski definition) is 2. The predicted molar refractivity (Wildman–Crippen MR) is 116 cm³/mol. The molecule has 0 saturated heterocycles. The van der Waals surface area contributed by atoms with Gasteiger partial charge < -0.3 is 0 Å². The predicted octanol–water partition coefficient (Wildman–Crippen LogP) is 7.27. The van der Waals surface area contributed by atoms with Crippen LogP contribution in [0, 0.1) is 0 Å². The summed E-state index contributed by atoms with van der Waals surface area (Å²) in [6.07, 6.45) is 1.99. The molecule has 0 aliphatic rings. The molecule has 130 valence electrons. The smallest absolute Gasteiger partial charge is 0.0750 e. The van der Waals surface area contributed by atoms with E-state index in [1.54, 1.807) is 11.3 Å². The van der Waals surface area contributed by atoms with Gasteiger partial charge in [0.05, 0.1) is 11.2 Å². The number of fused-ring (bicyclic) bond motifs is 2. The van der Waals surface area contributed by atoms with Gasteiger partial charge in [-0.25, -0.2) is 4.98 Å². The Morgan fingerprint density at radius 1 is 1.04 bits per heavy atom. The highest BCUT2D eigenvalue weighted by Gasteiger charge is 2.15. The van der Waals surface area contributed by atoms with Crippen LogP contribution in [0.4, 0.5) is 0 Å². The van der Waals surface area contributed by atoms with Gasteiger partial charge in [0.2, 0.25) is 0 Å². The molecule has 26 heavy (non-hydrogen) atoms. The molecule has 0 fully saturated rings. The quantitative estimate of drug-likeness (QED) is 0.374. The molecule has 1 nitrogen and oxygen atoms in total. The standard InChI is InChI=1S/C24H23NS/c1-5-16-11-12-17(6-2)24-23(16)19(15(3)4)13-21(25-24)20-14-26-22-10-8-7-9-18(20)22/h7-14H,3,5-6H2,1-2,4H3. The zero-order valence-corrected chi connectivity index (χ0v) is 16.4. The Morgan fingerprint density at radius 2 is 1.77 bits per heavy atom. The van der Waals surface area contributed by atoms with Crippen LogP contribution in [0.5, 0.6) is 0 Å². The number of benzene rings is 2. The Balaban J connectivity index is 2.10. The Hall–Kier alpha value is -2.45. The first kappa shape index (κ1) is 17.0. The van der Waals surface area contributed by atoms with E-state index in [1.165, 1.54) is 37.7 Å². The van der Waals surface area contributed by atoms with Crippen molar-refractivity contribution in [1.82, 2.24) is 4.98 Å². The summed E-state index contributed by atoms with van der Waals surface area (Å²) in [7, 11) is 0. The summed E-state index contributed by atoms with van der Waals surface area (Å²) >= 11 is 1.78. The SMILES string of the molecule is C=C(C)c1cc(-c2csc3ccccc23)nc2c(CC)ccc(CC)c12. The topological polar surface area (TPSA) is 12.9 Å². The number of hydrogen-bond donors (Lipinski definition) is 0. The van der Waals surface area contributed by atoms with Crippen LogP contribution < -0.4 is 0 Å². The second-order valence-electron chi connectivity index (χ2n) is 6.80. The maximum Gasteiger partial charge on any atom is 0.0750 e. The van der Waals surface area contributed by atoms with Crippen LogP contribution in [0.3, 0.4) is 0 Å². The molecule has 0 spiro atoms. The van der Waals surface area contributed by atoms with E-state index in [1.807, 2.05) is 0 Å². The first-order valence-electron chi connectivity index (χ1n) is 9.22. The van der Waals surface area contributed by atoms with Gasteiger partial charge in [-0.1, -0.05) is 56.3 Å². The molecule has 0 radical (unpaired) electrons. The minimum absolute atomic E-state index is 0.983. The first-order valence-corrected chi connectivity index (χ1v) is 10.1. The molecule has 4 aromatic rings. The van der Waals surface area contributed by atoms with Crippen molar-refractivity contribution in [2.75, 3.05) is 0 Å². The van der Waals surface area contributed by atoms with Crippen LogP contribution in [-0.4, -0.2) is 4.98 Å². The molecule has 0 atom stereocenters. The number of aryl methyl sites for hydroxylation is 2. The second-order valence-corrected chi connectivity index (χ2v) is 7.71. The third-order valence-electron chi connectivity index (χ3n) is 5.11. The van der Waals surface area contributed by atoms with Crippen LogP contribution >= 0.6 is 11.3 Å². The van der Waals surface area contributed by atoms with Crippen LogP contribution in [0.25, 0.3) is 37.8 Å². The summed E-state index contributed by atoms with van der Waals surface area (Å²) in [5, 5.41) is 4.79. The average Bonchev–Trinajstić information content (AvgIpc) is 3.10. The van der Waals surface area contributed by atoms with Gasteiger partial charge in [0.25, 0.3) is 0 Å². The van der Waals surface area contributed by atoms with Gasteiger partial charge in [-0.15, -0.1) is 11.3 Å². The minimum Gasteiger partial charge on any atom is -0.247 e. The van der Waals surface area contributed by atoms with Crippen molar-refractivity contribution in [3.63, 3.8) is 0 Å². The van der Waals surface area contributed by atoms with Gasteiger partial charge in [-0.05, 0) is 48.6 Å². The van der Waals surface area contributed by atoms with Gasteiger partial charge in [-0.3, -0.25) is 0 Å². The summed E-state index contributed by atoms with van der Waals surface area (Å²) in [5.41, 5.74) is 8.39. The molecule has 0 aliphatic heterocycles. The molecule has 0 unspecified atom stereocenters. The molecule has 0 saturated carbocycles. The third-order valence-corrected chi connectivity index (χ3v) is 6.07. The third kappa shape index (κ3) is 2.65. The summed E-state index contributed by atoms with van der Waals surface area (Å²) < 4.78 is 1.30. The minimum atomic E-state index is 0.983. The van der Waals surface area contributed by atoms with Gasteiger partial charge in [-0.2, -0.15) is 0 Å². The normalized spacial score (nSPS) is 11.3. The van der Waals surface area contributed by atoms with E-state index in [0.29, 0.717) is 0 Å². The summed E-state index contributed by atoms with van der Waals surface area (Å²) in [5.74, 6) is 0. The highest BCUT2D eigenvalue weighted by molar-refractivity contribution is 7.17. The van der Waals surface area contributed by atoms with Crippen LogP contribution in [-0.2, 0) is 12.8 Å². The van der Waals surface area contributed by atoms with Crippen molar-refractivity contribution in [2.24, 2.45) is 0 Å². The zero-order chi connectivity index (χ0) is 18.3.